The zero-order valence-electron chi connectivity index (χ0n) is 7.34. The van der Waals surface area contributed by atoms with E-state index in [0.29, 0.717) is 26.4 Å². The Hall–Kier alpha value is 0.489. The summed E-state index contributed by atoms with van der Waals surface area (Å²) in [4.78, 5) is 0. The molecule has 0 rings (SSSR count). The molecule has 4 nitrogen and oxygen atoms in total. The van der Waals surface area contributed by atoms with Gasteiger partial charge in [0.25, 0.3) is 0 Å². The van der Waals surface area contributed by atoms with Crippen LogP contribution in [-0.4, -0.2) is 51.7 Å². The monoisotopic (exact) mass is 356 g/mol. The summed E-state index contributed by atoms with van der Waals surface area (Å²) in [7, 11) is 1.88. The number of hydrogen-bond acceptors (Lipinski definition) is 4. The maximum atomic E-state index is 8.33. The molecule has 0 atom stereocenters. The Kier molecular flexibility index (Phi) is 17.5. The van der Waals surface area contributed by atoms with Gasteiger partial charge in [0.2, 0.25) is 0 Å². The average molecular weight is 355 g/mol. The van der Waals surface area contributed by atoms with Gasteiger partial charge in [-0.3, -0.25) is 0 Å². The maximum Gasteiger partial charge on any atom is 0.0701 e. The van der Waals surface area contributed by atoms with E-state index in [1.165, 1.54) is 0 Å². The molecule has 0 saturated heterocycles. The van der Waals surface area contributed by atoms with E-state index in [1.54, 1.807) is 0 Å². The molecular formula is C7H17IrNO3. The number of aliphatic hydroxyl groups excluding tert-OH is 1. The van der Waals surface area contributed by atoms with E-state index < -0.39 is 0 Å². The summed E-state index contributed by atoms with van der Waals surface area (Å²) in [6.07, 6.45) is 0. The molecule has 0 aliphatic heterocycles. The molecule has 0 bridgehead atoms. The largest absolute Gasteiger partial charge is 0.394 e. The Morgan fingerprint density at radius 2 is 1.67 bits per heavy atom. The third kappa shape index (κ3) is 13.1. The average Bonchev–Trinajstić information content (AvgIpc) is 2.03. The van der Waals surface area contributed by atoms with Gasteiger partial charge in [-0.25, -0.2) is 0 Å². The quantitative estimate of drug-likeness (QED) is 0.562. The van der Waals surface area contributed by atoms with Gasteiger partial charge in [0.15, 0.2) is 0 Å². The number of likely N-dealkylation sites (N-methyl/N-ethyl adjacent to an activating group) is 1. The van der Waals surface area contributed by atoms with Crippen molar-refractivity contribution in [2.75, 3.05) is 46.6 Å². The fraction of sp³-hybridized carbons (Fsp3) is 1.00. The van der Waals surface area contributed by atoms with Crippen molar-refractivity contribution in [3.05, 3.63) is 0 Å². The molecule has 5 heteroatoms. The van der Waals surface area contributed by atoms with Gasteiger partial charge in [-0.15, -0.1) is 0 Å². The van der Waals surface area contributed by atoms with Gasteiger partial charge < -0.3 is 19.9 Å². The second-order valence-electron chi connectivity index (χ2n) is 2.05. The number of aliphatic hydroxyl groups is 1. The minimum Gasteiger partial charge on any atom is -0.394 e. The first kappa shape index (κ1) is 15.0. The zero-order valence-corrected chi connectivity index (χ0v) is 9.73. The number of nitrogens with one attached hydrogen (secondary N) is 1. The summed E-state index contributed by atoms with van der Waals surface area (Å²) in [5.41, 5.74) is 0. The third-order valence-corrected chi connectivity index (χ3v) is 1.10. The predicted octanol–water partition coefficient (Wildman–Crippen LogP) is -0.771. The van der Waals surface area contributed by atoms with Gasteiger partial charge in [-0.05, 0) is 7.05 Å². The van der Waals surface area contributed by atoms with Crippen LogP contribution in [0.3, 0.4) is 0 Å². The standard InChI is InChI=1S/C7H17NO3.Ir/c1-8-2-4-10-6-7-11-5-3-9;/h8-9H,2-7H2,1H3;. The molecule has 0 saturated carbocycles. The van der Waals surface area contributed by atoms with Gasteiger partial charge >= 0.3 is 0 Å². The molecule has 0 aliphatic rings. The van der Waals surface area contributed by atoms with Crippen LogP contribution in [0.1, 0.15) is 0 Å². The first-order valence-electron chi connectivity index (χ1n) is 3.82. The van der Waals surface area contributed by atoms with E-state index in [9.17, 15) is 0 Å². The molecular weight excluding hydrogens is 338 g/mol. The molecule has 2 N–H and O–H groups in total. The van der Waals surface area contributed by atoms with Crippen molar-refractivity contribution in [1.29, 1.82) is 0 Å². The summed E-state index contributed by atoms with van der Waals surface area (Å²) >= 11 is 0. The smallest absolute Gasteiger partial charge is 0.0701 e. The third-order valence-electron chi connectivity index (χ3n) is 1.10. The molecule has 0 unspecified atom stereocenters. The van der Waals surface area contributed by atoms with E-state index in [-0.39, 0.29) is 26.7 Å². The Morgan fingerprint density at radius 3 is 2.17 bits per heavy atom. The number of rotatable bonds is 8. The summed E-state index contributed by atoms with van der Waals surface area (Å²) in [6, 6.07) is 0. The van der Waals surface area contributed by atoms with E-state index in [1.807, 2.05) is 7.05 Å². The Labute approximate surface area is 87.0 Å². The van der Waals surface area contributed by atoms with E-state index in [0.717, 1.165) is 6.54 Å². The van der Waals surface area contributed by atoms with Crippen LogP contribution in [-0.2, 0) is 29.6 Å². The fourth-order valence-corrected chi connectivity index (χ4v) is 0.561. The van der Waals surface area contributed by atoms with Crippen molar-refractivity contribution in [2.45, 2.75) is 0 Å². The second kappa shape index (κ2) is 14.0. The van der Waals surface area contributed by atoms with Crippen LogP contribution in [0, 0.1) is 0 Å². The second-order valence-corrected chi connectivity index (χ2v) is 2.05. The first-order valence-corrected chi connectivity index (χ1v) is 3.82. The first-order chi connectivity index (χ1) is 5.41. The van der Waals surface area contributed by atoms with Crippen molar-refractivity contribution in [1.82, 2.24) is 5.32 Å². The molecule has 0 aromatic rings. The van der Waals surface area contributed by atoms with E-state index in [2.05, 4.69) is 5.32 Å². The SMILES string of the molecule is CNCCOCCOCCO.[Ir]. The van der Waals surface area contributed by atoms with Crippen LogP contribution in [0.4, 0.5) is 0 Å². The van der Waals surface area contributed by atoms with E-state index in [4.69, 9.17) is 14.6 Å². The van der Waals surface area contributed by atoms with Crippen LogP contribution in [0.5, 0.6) is 0 Å². The van der Waals surface area contributed by atoms with Crippen LogP contribution in [0.25, 0.3) is 0 Å². The number of ether oxygens (including phenoxy) is 2. The van der Waals surface area contributed by atoms with Gasteiger partial charge in [0.1, 0.15) is 0 Å². The molecule has 0 spiro atoms. The summed E-state index contributed by atoms with van der Waals surface area (Å²) in [5.74, 6) is 0. The molecule has 0 aliphatic carbocycles. The van der Waals surface area contributed by atoms with Crippen LogP contribution in [0.15, 0.2) is 0 Å². The zero-order chi connectivity index (χ0) is 8.36. The van der Waals surface area contributed by atoms with Crippen LogP contribution >= 0.6 is 0 Å². The summed E-state index contributed by atoms with van der Waals surface area (Å²) in [5, 5.41) is 11.3. The summed E-state index contributed by atoms with van der Waals surface area (Å²) in [6.45, 7) is 3.21. The molecule has 0 amide bonds. The Bertz CT molecular complexity index is 67.7. The van der Waals surface area contributed by atoms with Crippen molar-refractivity contribution in [3.8, 4) is 0 Å². The van der Waals surface area contributed by atoms with E-state index >= 15 is 0 Å². The van der Waals surface area contributed by atoms with Crippen molar-refractivity contribution >= 4 is 0 Å². The van der Waals surface area contributed by atoms with Crippen LogP contribution < -0.4 is 5.32 Å². The predicted molar refractivity (Wildman–Crippen MR) is 42.7 cm³/mol. The molecule has 1 radical (unpaired) electrons. The minimum absolute atomic E-state index is 0. The molecule has 0 fully saturated rings. The fourth-order valence-electron chi connectivity index (χ4n) is 0.561. The van der Waals surface area contributed by atoms with Gasteiger partial charge in [0.05, 0.1) is 33.0 Å². The Morgan fingerprint density at radius 1 is 1.08 bits per heavy atom. The van der Waals surface area contributed by atoms with Crippen molar-refractivity contribution in [3.63, 3.8) is 0 Å². The molecule has 77 valence electrons. The normalized spacial score (nSPS) is 9.50. The topological polar surface area (TPSA) is 50.7 Å². The van der Waals surface area contributed by atoms with Crippen LogP contribution in [0.2, 0.25) is 0 Å². The molecule has 12 heavy (non-hydrogen) atoms. The number of hydrogen-bond donors (Lipinski definition) is 2. The van der Waals surface area contributed by atoms with Crippen molar-refractivity contribution < 1.29 is 34.7 Å². The van der Waals surface area contributed by atoms with Gasteiger partial charge in [0, 0.05) is 26.7 Å². The van der Waals surface area contributed by atoms with Gasteiger partial charge in [-0.1, -0.05) is 0 Å². The Balaban J connectivity index is 0. The minimum atomic E-state index is 0. The maximum absolute atomic E-state index is 8.33. The molecule has 0 heterocycles. The van der Waals surface area contributed by atoms with Gasteiger partial charge in [-0.2, -0.15) is 0 Å². The molecule has 0 aromatic heterocycles. The summed E-state index contributed by atoms with van der Waals surface area (Å²) < 4.78 is 10.1. The van der Waals surface area contributed by atoms with Crippen molar-refractivity contribution in [2.24, 2.45) is 0 Å². The molecule has 0 aromatic carbocycles.